The summed E-state index contributed by atoms with van der Waals surface area (Å²) in [4.78, 5) is 2.41. The highest BCUT2D eigenvalue weighted by Crippen LogP contribution is 2.30. The minimum Gasteiger partial charge on any atom is -0.306 e. The lowest BCUT2D eigenvalue weighted by atomic mass is 9.82. The van der Waals surface area contributed by atoms with Gasteiger partial charge in [-0.15, -0.1) is 0 Å². The van der Waals surface area contributed by atoms with Gasteiger partial charge in [0.05, 0.1) is 0 Å². The van der Waals surface area contributed by atoms with E-state index in [1.54, 1.807) is 0 Å². The fourth-order valence-electron chi connectivity index (χ4n) is 2.99. The molecule has 1 heteroatoms. The number of rotatable bonds is 7. The number of hydrogen-bond acceptors (Lipinski definition) is 1. The summed E-state index contributed by atoms with van der Waals surface area (Å²) in [6.45, 7) is 2.29. The first-order valence-electron chi connectivity index (χ1n) is 7.40. The van der Waals surface area contributed by atoms with Crippen LogP contribution in [0.4, 0.5) is 0 Å². The highest BCUT2D eigenvalue weighted by atomic mass is 15.1. The maximum absolute atomic E-state index is 2.41. The number of nitrogens with zero attached hydrogens (tertiary/aromatic N) is 1. The Morgan fingerprint density at radius 3 is 2.06 bits per heavy atom. The minimum atomic E-state index is 0.872. The van der Waals surface area contributed by atoms with Crippen LogP contribution in [0.2, 0.25) is 0 Å². The van der Waals surface area contributed by atoms with Crippen LogP contribution >= 0.6 is 0 Å². The summed E-state index contributed by atoms with van der Waals surface area (Å²) in [5, 5.41) is 0. The fraction of sp³-hybridized carbons (Fsp3) is 1.00. The van der Waals surface area contributed by atoms with Gasteiger partial charge in [0.25, 0.3) is 0 Å². The molecule has 1 fully saturated rings. The van der Waals surface area contributed by atoms with Crippen molar-refractivity contribution in [2.45, 2.75) is 77.2 Å². The molecule has 0 aromatic heterocycles. The van der Waals surface area contributed by atoms with Crippen LogP contribution in [0.5, 0.6) is 0 Å². The van der Waals surface area contributed by atoms with Crippen LogP contribution < -0.4 is 0 Å². The first-order valence-corrected chi connectivity index (χ1v) is 7.40. The third-order valence-corrected chi connectivity index (χ3v) is 4.26. The van der Waals surface area contributed by atoms with Crippen molar-refractivity contribution in [3.05, 3.63) is 0 Å². The molecule has 1 aliphatic carbocycles. The van der Waals surface area contributed by atoms with E-state index in [-0.39, 0.29) is 0 Å². The van der Waals surface area contributed by atoms with E-state index in [0.717, 1.165) is 12.0 Å². The van der Waals surface area contributed by atoms with E-state index in [1.807, 2.05) is 0 Å². The minimum absolute atomic E-state index is 0.872. The Labute approximate surface area is 103 Å². The second kappa shape index (κ2) is 8.11. The van der Waals surface area contributed by atoms with E-state index in [9.17, 15) is 0 Å². The zero-order valence-corrected chi connectivity index (χ0v) is 11.7. The molecule has 0 aromatic carbocycles. The van der Waals surface area contributed by atoms with Crippen molar-refractivity contribution in [1.29, 1.82) is 0 Å². The smallest absolute Gasteiger partial charge is 0.00893 e. The van der Waals surface area contributed by atoms with Gasteiger partial charge < -0.3 is 4.90 Å². The molecule has 0 unspecified atom stereocenters. The zero-order chi connectivity index (χ0) is 11.8. The molecular weight excluding hydrogens is 194 g/mol. The summed E-state index contributed by atoms with van der Waals surface area (Å²) in [5.41, 5.74) is 0. The molecule has 1 aliphatic rings. The van der Waals surface area contributed by atoms with Gasteiger partial charge in [0.15, 0.2) is 0 Å². The van der Waals surface area contributed by atoms with Crippen molar-refractivity contribution < 1.29 is 0 Å². The average molecular weight is 225 g/mol. The average Bonchev–Trinajstić information content (AvgIpc) is 2.29. The second-order valence-electron chi connectivity index (χ2n) is 5.84. The summed E-state index contributed by atoms with van der Waals surface area (Å²) in [6, 6.07) is 0.872. The molecule has 0 N–H and O–H groups in total. The summed E-state index contributed by atoms with van der Waals surface area (Å²) in [5.74, 6) is 1.05. The standard InChI is InChI=1S/C15H31N/c1-4-5-6-7-8-9-14-10-12-15(13-11-14)16(2)3/h14-15H,4-13H2,1-3H3/t14-,15-. The quantitative estimate of drug-likeness (QED) is 0.578. The maximum Gasteiger partial charge on any atom is 0.00893 e. The first kappa shape index (κ1) is 14.0. The SMILES string of the molecule is CCCCCCC[C@H]1CC[C@H](N(C)C)CC1. The van der Waals surface area contributed by atoms with Gasteiger partial charge in [0.1, 0.15) is 0 Å². The van der Waals surface area contributed by atoms with E-state index >= 15 is 0 Å². The molecule has 0 amide bonds. The fourth-order valence-corrected chi connectivity index (χ4v) is 2.99. The lowest BCUT2D eigenvalue weighted by Crippen LogP contribution is -2.32. The number of unbranched alkanes of at least 4 members (excludes halogenated alkanes) is 4. The van der Waals surface area contributed by atoms with Gasteiger partial charge in [0.2, 0.25) is 0 Å². The zero-order valence-electron chi connectivity index (χ0n) is 11.7. The highest BCUT2D eigenvalue weighted by Gasteiger charge is 2.21. The van der Waals surface area contributed by atoms with Gasteiger partial charge in [-0.1, -0.05) is 45.4 Å². The van der Waals surface area contributed by atoms with Crippen LogP contribution in [-0.4, -0.2) is 25.0 Å². The van der Waals surface area contributed by atoms with E-state index in [4.69, 9.17) is 0 Å². The predicted octanol–water partition coefficient (Wildman–Crippen LogP) is 4.47. The van der Waals surface area contributed by atoms with Crippen LogP contribution in [-0.2, 0) is 0 Å². The Kier molecular flexibility index (Phi) is 7.11. The van der Waals surface area contributed by atoms with Crippen LogP contribution in [0.3, 0.4) is 0 Å². The van der Waals surface area contributed by atoms with Crippen LogP contribution in [0, 0.1) is 5.92 Å². The maximum atomic E-state index is 2.41. The summed E-state index contributed by atoms with van der Waals surface area (Å²) < 4.78 is 0. The van der Waals surface area contributed by atoms with Gasteiger partial charge in [-0.3, -0.25) is 0 Å². The molecule has 0 spiro atoms. The third-order valence-electron chi connectivity index (χ3n) is 4.26. The molecule has 96 valence electrons. The lowest BCUT2D eigenvalue weighted by Gasteiger charge is -2.32. The summed E-state index contributed by atoms with van der Waals surface area (Å²) in [6.07, 6.45) is 14.6. The molecule has 0 aliphatic heterocycles. The Morgan fingerprint density at radius 2 is 1.50 bits per heavy atom. The van der Waals surface area contributed by atoms with E-state index in [0.29, 0.717) is 0 Å². The Morgan fingerprint density at radius 1 is 0.875 bits per heavy atom. The third kappa shape index (κ3) is 5.34. The van der Waals surface area contributed by atoms with Crippen LogP contribution in [0.15, 0.2) is 0 Å². The first-order chi connectivity index (χ1) is 7.74. The van der Waals surface area contributed by atoms with E-state index in [2.05, 4.69) is 25.9 Å². The molecule has 16 heavy (non-hydrogen) atoms. The molecule has 0 bridgehead atoms. The normalized spacial score (nSPS) is 26.2. The van der Waals surface area contributed by atoms with Crippen molar-refractivity contribution in [2.75, 3.05) is 14.1 Å². The van der Waals surface area contributed by atoms with Crippen molar-refractivity contribution in [1.82, 2.24) is 4.90 Å². The van der Waals surface area contributed by atoms with Gasteiger partial charge in [-0.25, -0.2) is 0 Å². The van der Waals surface area contributed by atoms with Crippen LogP contribution in [0.1, 0.15) is 71.1 Å². The molecule has 1 nitrogen and oxygen atoms in total. The van der Waals surface area contributed by atoms with Crippen molar-refractivity contribution in [3.63, 3.8) is 0 Å². The molecule has 1 saturated carbocycles. The summed E-state index contributed by atoms with van der Waals surface area (Å²) in [7, 11) is 4.46. The Hall–Kier alpha value is -0.0400. The van der Waals surface area contributed by atoms with Gasteiger partial charge >= 0.3 is 0 Å². The van der Waals surface area contributed by atoms with Crippen molar-refractivity contribution in [3.8, 4) is 0 Å². The predicted molar refractivity (Wildman–Crippen MR) is 72.8 cm³/mol. The molecule has 0 radical (unpaired) electrons. The topological polar surface area (TPSA) is 3.24 Å². The second-order valence-corrected chi connectivity index (χ2v) is 5.84. The molecule has 0 saturated heterocycles. The lowest BCUT2D eigenvalue weighted by molar-refractivity contribution is 0.187. The Bertz CT molecular complexity index is 157. The van der Waals surface area contributed by atoms with Crippen LogP contribution in [0.25, 0.3) is 0 Å². The van der Waals surface area contributed by atoms with E-state index in [1.165, 1.54) is 64.2 Å². The molecule has 0 aromatic rings. The molecule has 0 atom stereocenters. The van der Waals surface area contributed by atoms with Crippen molar-refractivity contribution >= 4 is 0 Å². The molecule has 0 heterocycles. The summed E-state index contributed by atoms with van der Waals surface area (Å²) >= 11 is 0. The highest BCUT2D eigenvalue weighted by molar-refractivity contribution is 4.76. The van der Waals surface area contributed by atoms with Gasteiger partial charge in [0, 0.05) is 6.04 Å². The van der Waals surface area contributed by atoms with E-state index < -0.39 is 0 Å². The molecule has 1 rings (SSSR count). The van der Waals surface area contributed by atoms with Gasteiger partial charge in [-0.05, 0) is 45.7 Å². The monoisotopic (exact) mass is 225 g/mol. The number of hydrogen-bond donors (Lipinski definition) is 0. The molecular formula is C15H31N. The largest absolute Gasteiger partial charge is 0.306 e. The van der Waals surface area contributed by atoms with Crippen molar-refractivity contribution in [2.24, 2.45) is 5.92 Å². The Balaban J connectivity index is 1.99. The van der Waals surface area contributed by atoms with Gasteiger partial charge in [-0.2, -0.15) is 0 Å².